The third kappa shape index (κ3) is 0.772. The Labute approximate surface area is 54.1 Å². The van der Waals surface area contributed by atoms with E-state index in [0.717, 1.165) is 19.7 Å². The summed E-state index contributed by atoms with van der Waals surface area (Å²) in [6, 6.07) is 0.443. The van der Waals surface area contributed by atoms with Crippen molar-refractivity contribution < 1.29 is 4.74 Å². The number of hydrogen-bond donors (Lipinski definition) is 2. The Balaban J connectivity index is 2.09. The summed E-state index contributed by atoms with van der Waals surface area (Å²) in [6.45, 7) is 2.86. The molecule has 0 spiro atoms. The van der Waals surface area contributed by atoms with Crippen molar-refractivity contribution in [3.63, 3.8) is 0 Å². The first kappa shape index (κ1) is 5.11. The molecule has 0 aromatic heterocycles. The van der Waals surface area contributed by atoms with Crippen LogP contribution in [0.2, 0.25) is 0 Å². The Morgan fingerprint density at radius 3 is 3.44 bits per heavy atom. The lowest BCUT2D eigenvalue weighted by Crippen LogP contribution is -2.46. The molecule has 0 aromatic rings. The summed E-state index contributed by atoms with van der Waals surface area (Å²) in [4.78, 5) is 0. The Bertz CT molecular complexity index is 144. The Morgan fingerprint density at radius 2 is 2.56 bits per heavy atom. The highest BCUT2D eigenvalue weighted by atomic mass is 16.5. The van der Waals surface area contributed by atoms with Crippen LogP contribution in [0.25, 0.3) is 0 Å². The molecular weight excluding hydrogens is 116 g/mol. The summed E-state index contributed by atoms with van der Waals surface area (Å²) < 4.78 is 5.10. The molecule has 1 fully saturated rings. The Hall–Kier alpha value is -0.700. The normalized spacial score (nSPS) is 32.0. The zero-order valence-electron chi connectivity index (χ0n) is 5.18. The molecule has 0 unspecified atom stereocenters. The molecule has 0 radical (unpaired) electrons. The highest BCUT2D eigenvalue weighted by molar-refractivity contribution is 5.12. The summed E-state index contributed by atoms with van der Waals surface area (Å²) in [5, 5.41) is 6.58. The maximum Gasteiger partial charge on any atom is 0.108 e. The van der Waals surface area contributed by atoms with Crippen LogP contribution in [-0.2, 0) is 4.74 Å². The van der Waals surface area contributed by atoms with Crippen molar-refractivity contribution >= 4 is 0 Å². The van der Waals surface area contributed by atoms with E-state index in [2.05, 4.69) is 10.6 Å². The number of piperazine rings is 1. The van der Waals surface area contributed by atoms with Crippen LogP contribution in [0, 0.1) is 0 Å². The van der Waals surface area contributed by atoms with E-state index in [0.29, 0.717) is 6.04 Å². The lowest BCUT2D eigenvalue weighted by atomic mass is 10.2. The predicted octanol–water partition coefficient (Wildman–Crippen LogP) is -0.581. The van der Waals surface area contributed by atoms with Gasteiger partial charge in [-0.15, -0.1) is 0 Å². The fourth-order valence-electron chi connectivity index (χ4n) is 1.19. The van der Waals surface area contributed by atoms with E-state index in [4.69, 9.17) is 4.74 Å². The van der Waals surface area contributed by atoms with Crippen LogP contribution in [0.4, 0.5) is 0 Å². The lowest BCUT2D eigenvalue weighted by molar-refractivity contribution is 0.255. The molecule has 2 aliphatic rings. The molecule has 0 aromatic carbocycles. The largest absolute Gasteiger partial charge is 0.497 e. The SMILES string of the molecule is C1=C2NCCN[C@H]2CO1. The molecule has 2 rings (SSSR count). The van der Waals surface area contributed by atoms with E-state index in [1.807, 2.05) is 0 Å². The molecule has 3 heteroatoms. The second-order valence-corrected chi connectivity index (χ2v) is 2.34. The van der Waals surface area contributed by atoms with Crippen LogP contribution in [-0.4, -0.2) is 25.7 Å². The number of nitrogens with one attached hydrogen (secondary N) is 2. The summed E-state index contributed by atoms with van der Waals surface area (Å²) >= 11 is 0. The van der Waals surface area contributed by atoms with Crippen LogP contribution in [0.3, 0.4) is 0 Å². The van der Waals surface area contributed by atoms with Crippen LogP contribution >= 0.6 is 0 Å². The average Bonchev–Trinajstić information content (AvgIpc) is 2.33. The standard InChI is InChI=1S/C6H10N2O/c1-2-8-6-4-9-3-5(6)7-1/h3,6-8H,1-2,4H2/t6-/m0/s1. The maximum absolute atomic E-state index is 5.10. The van der Waals surface area contributed by atoms with Crippen molar-refractivity contribution in [3.8, 4) is 0 Å². The van der Waals surface area contributed by atoms with Crippen molar-refractivity contribution in [1.29, 1.82) is 0 Å². The quantitative estimate of drug-likeness (QED) is 0.455. The van der Waals surface area contributed by atoms with Gasteiger partial charge in [0.1, 0.15) is 12.9 Å². The molecule has 0 saturated carbocycles. The van der Waals surface area contributed by atoms with E-state index < -0.39 is 0 Å². The second-order valence-electron chi connectivity index (χ2n) is 2.34. The van der Waals surface area contributed by atoms with Gasteiger partial charge in [0, 0.05) is 13.1 Å². The minimum atomic E-state index is 0.443. The van der Waals surface area contributed by atoms with Gasteiger partial charge < -0.3 is 15.4 Å². The molecule has 3 nitrogen and oxygen atoms in total. The van der Waals surface area contributed by atoms with Gasteiger partial charge in [-0.2, -0.15) is 0 Å². The van der Waals surface area contributed by atoms with Gasteiger partial charge in [0.15, 0.2) is 0 Å². The number of hydrogen-bond acceptors (Lipinski definition) is 3. The first-order chi connectivity index (χ1) is 4.47. The third-order valence-electron chi connectivity index (χ3n) is 1.69. The van der Waals surface area contributed by atoms with Gasteiger partial charge >= 0.3 is 0 Å². The first-order valence-corrected chi connectivity index (χ1v) is 3.26. The van der Waals surface area contributed by atoms with Crippen molar-refractivity contribution in [2.24, 2.45) is 0 Å². The monoisotopic (exact) mass is 126 g/mol. The van der Waals surface area contributed by atoms with E-state index in [9.17, 15) is 0 Å². The summed E-state index contributed by atoms with van der Waals surface area (Å²) in [5.41, 5.74) is 1.21. The maximum atomic E-state index is 5.10. The Morgan fingerprint density at radius 1 is 1.56 bits per heavy atom. The summed E-state index contributed by atoms with van der Waals surface area (Å²) in [5.74, 6) is 0. The molecule has 0 amide bonds. The molecule has 0 aliphatic carbocycles. The first-order valence-electron chi connectivity index (χ1n) is 3.26. The minimum Gasteiger partial charge on any atom is -0.497 e. The van der Waals surface area contributed by atoms with Crippen LogP contribution < -0.4 is 10.6 Å². The molecule has 2 N–H and O–H groups in total. The molecule has 2 aliphatic heterocycles. The van der Waals surface area contributed by atoms with Crippen molar-refractivity contribution in [2.75, 3.05) is 19.7 Å². The van der Waals surface area contributed by atoms with E-state index in [-0.39, 0.29) is 0 Å². The van der Waals surface area contributed by atoms with E-state index in [1.165, 1.54) is 5.70 Å². The predicted molar refractivity (Wildman–Crippen MR) is 33.8 cm³/mol. The number of ether oxygens (including phenoxy) is 1. The summed E-state index contributed by atoms with van der Waals surface area (Å²) in [6.07, 6.45) is 1.80. The van der Waals surface area contributed by atoms with Crippen molar-refractivity contribution in [1.82, 2.24) is 10.6 Å². The van der Waals surface area contributed by atoms with E-state index in [1.54, 1.807) is 6.26 Å². The van der Waals surface area contributed by atoms with Crippen molar-refractivity contribution in [3.05, 3.63) is 12.0 Å². The topological polar surface area (TPSA) is 33.3 Å². The van der Waals surface area contributed by atoms with Gasteiger partial charge in [-0.25, -0.2) is 0 Å². The fraction of sp³-hybridized carbons (Fsp3) is 0.667. The van der Waals surface area contributed by atoms with Crippen LogP contribution in [0.5, 0.6) is 0 Å². The smallest absolute Gasteiger partial charge is 0.108 e. The molecule has 1 saturated heterocycles. The van der Waals surface area contributed by atoms with Gasteiger partial charge in [-0.1, -0.05) is 0 Å². The summed E-state index contributed by atoms with van der Waals surface area (Å²) in [7, 11) is 0. The highest BCUT2D eigenvalue weighted by Crippen LogP contribution is 2.09. The molecule has 50 valence electrons. The fourth-order valence-corrected chi connectivity index (χ4v) is 1.19. The molecular formula is C6H10N2O. The van der Waals surface area contributed by atoms with Crippen molar-refractivity contribution in [2.45, 2.75) is 6.04 Å². The minimum absolute atomic E-state index is 0.443. The van der Waals surface area contributed by atoms with Gasteiger partial charge in [0.05, 0.1) is 11.7 Å². The average molecular weight is 126 g/mol. The van der Waals surface area contributed by atoms with Gasteiger partial charge in [0.25, 0.3) is 0 Å². The van der Waals surface area contributed by atoms with E-state index >= 15 is 0 Å². The third-order valence-corrected chi connectivity index (χ3v) is 1.69. The van der Waals surface area contributed by atoms with Crippen LogP contribution in [0.1, 0.15) is 0 Å². The number of fused-ring (bicyclic) bond motifs is 1. The van der Waals surface area contributed by atoms with Gasteiger partial charge in [0.2, 0.25) is 0 Å². The lowest BCUT2D eigenvalue weighted by Gasteiger charge is -2.21. The van der Waals surface area contributed by atoms with Gasteiger partial charge in [-0.3, -0.25) is 0 Å². The molecule has 1 atom stereocenters. The number of rotatable bonds is 0. The Kier molecular flexibility index (Phi) is 1.09. The second kappa shape index (κ2) is 1.92. The highest BCUT2D eigenvalue weighted by Gasteiger charge is 2.22. The van der Waals surface area contributed by atoms with Gasteiger partial charge in [-0.05, 0) is 0 Å². The van der Waals surface area contributed by atoms with Crippen LogP contribution in [0.15, 0.2) is 12.0 Å². The molecule has 2 heterocycles. The molecule has 0 bridgehead atoms. The molecule has 9 heavy (non-hydrogen) atoms. The zero-order chi connectivity index (χ0) is 6.10. The zero-order valence-corrected chi connectivity index (χ0v) is 5.18.